The first-order valence-electron chi connectivity index (χ1n) is 7.97. The normalized spacial score (nSPS) is 10.2. The van der Waals surface area contributed by atoms with Crippen LogP contribution in [0, 0.1) is 5.82 Å². The molecule has 1 heterocycles. The van der Waals surface area contributed by atoms with Gasteiger partial charge in [0.15, 0.2) is 0 Å². The van der Waals surface area contributed by atoms with Gasteiger partial charge in [0, 0.05) is 24.1 Å². The molecule has 1 amide bonds. The first kappa shape index (κ1) is 18.1. The van der Waals surface area contributed by atoms with Gasteiger partial charge in [-0.2, -0.15) is 0 Å². The summed E-state index contributed by atoms with van der Waals surface area (Å²) in [6.45, 7) is 0. The fourth-order valence-electron chi connectivity index (χ4n) is 2.31. The molecule has 0 bridgehead atoms. The highest BCUT2D eigenvalue weighted by molar-refractivity contribution is 6.04. The Bertz CT molecular complexity index is 948. The number of ether oxygens (including phenoxy) is 2. The molecule has 0 aliphatic rings. The first-order chi connectivity index (χ1) is 13.1. The molecule has 0 saturated carbocycles. The van der Waals surface area contributed by atoms with Crippen LogP contribution in [-0.2, 0) is 0 Å². The first-order valence-corrected chi connectivity index (χ1v) is 7.97. The van der Waals surface area contributed by atoms with Gasteiger partial charge in [0.25, 0.3) is 5.91 Å². The number of nitrogens with one attached hydrogen (secondary N) is 2. The van der Waals surface area contributed by atoms with E-state index >= 15 is 0 Å². The van der Waals surface area contributed by atoms with Gasteiger partial charge in [0.2, 0.25) is 5.95 Å². The maximum absolute atomic E-state index is 13.2. The number of hydrogen-bond donors (Lipinski definition) is 2. The number of benzene rings is 2. The van der Waals surface area contributed by atoms with Crippen molar-refractivity contribution in [3.63, 3.8) is 0 Å². The molecule has 2 N–H and O–H groups in total. The third kappa shape index (κ3) is 4.49. The van der Waals surface area contributed by atoms with Gasteiger partial charge in [0.05, 0.1) is 25.5 Å². The van der Waals surface area contributed by atoms with Crippen LogP contribution in [0.4, 0.5) is 21.7 Å². The molecule has 0 fully saturated rings. The Morgan fingerprint density at radius 2 is 1.81 bits per heavy atom. The number of rotatable bonds is 6. The van der Waals surface area contributed by atoms with E-state index < -0.39 is 5.91 Å². The predicted molar refractivity (Wildman–Crippen MR) is 99.2 cm³/mol. The molecule has 0 radical (unpaired) electrons. The van der Waals surface area contributed by atoms with Crippen LogP contribution in [0.25, 0.3) is 0 Å². The molecule has 0 aliphatic heterocycles. The van der Waals surface area contributed by atoms with Gasteiger partial charge in [-0.15, -0.1) is 0 Å². The molecule has 0 atom stereocenters. The summed E-state index contributed by atoms with van der Waals surface area (Å²) in [4.78, 5) is 20.6. The van der Waals surface area contributed by atoms with E-state index in [1.54, 1.807) is 30.3 Å². The molecule has 0 saturated heterocycles. The lowest BCUT2D eigenvalue weighted by Crippen LogP contribution is -2.14. The van der Waals surface area contributed by atoms with Crippen LogP contribution >= 0.6 is 0 Å². The van der Waals surface area contributed by atoms with Crippen LogP contribution < -0.4 is 20.1 Å². The fourth-order valence-corrected chi connectivity index (χ4v) is 2.31. The summed E-state index contributed by atoms with van der Waals surface area (Å²) < 4.78 is 23.6. The Kier molecular flexibility index (Phi) is 5.46. The average Bonchev–Trinajstić information content (AvgIpc) is 2.68. The lowest BCUT2D eigenvalue weighted by atomic mass is 10.2. The number of hydrogen-bond acceptors (Lipinski definition) is 6. The Hall–Kier alpha value is -3.68. The van der Waals surface area contributed by atoms with Gasteiger partial charge < -0.3 is 20.1 Å². The SMILES string of the molecule is COc1ccc(OC)c(NC(=O)c2cnc(Nc3cccc(F)c3)nc2)c1. The lowest BCUT2D eigenvalue weighted by Gasteiger charge is -2.11. The summed E-state index contributed by atoms with van der Waals surface area (Å²) in [6, 6.07) is 11.0. The van der Waals surface area contributed by atoms with Crippen molar-refractivity contribution in [1.29, 1.82) is 0 Å². The highest BCUT2D eigenvalue weighted by atomic mass is 19.1. The number of nitrogens with zero attached hydrogens (tertiary/aromatic N) is 2. The summed E-state index contributed by atoms with van der Waals surface area (Å²) in [7, 11) is 3.04. The minimum Gasteiger partial charge on any atom is -0.497 e. The van der Waals surface area contributed by atoms with Crippen molar-refractivity contribution in [2.45, 2.75) is 0 Å². The third-order valence-corrected chi connectivity index (χ3v) is 3.65. The highest BCUT2D eigenvalue weighted by Gasteiger charge is 2.12. The van der Waals surface area contributed by atoms with Crippen molar-refractivity contribution in [3.05, 3.63) is 66.2 Å². The monoisotopic (exact) mass is 368 g/mol. The van der Waals surface area contributed by atoms with Gasteiger partial charge in [-0.3, -0.25) is 4.79 Å². The second-order valence-electron chi connectivity index (χ2n) is 5.45. The number of methoxy groups -OCH3 is 2. The molecule has 3 aromatic rings. The second-order valence-corrected chi connectivity index (χ2v) is 5.45. The quantitative estimate of drug-likeness (QED) is 0.691. The summed E-state index contributed by atoms with van der Waals surface area (Å²) >= 11 is 0. The van der Waals surface area contributed by atoms with E-state index in [2.05, 4.69) is 20.6 Å². The third-order valence-electron chi connectivity index (χ3n) is 3.65. The van der Waals surface area contributed by atoms with E-state index in [0.29, 0.717) is 22.9 Å². The van der Waals surface area contributed by atoms with E-state index in [0.717, 1.165) is 0 Å². The molecular formula is C19H17FN4O3. The summed E-state index contributed by atoms with van der Waals surface area (Å²) in [5.41, 5.74) is 1.22. The zero-order chi connectivity index (χ0) is 19.2. The van der Waals surface area contributed by atoms with E-state index in [-0.39, 0.29) is 17.3 Å². The number of aromatic nitrogens is 2. The smallest absolute Gasteiger partial charge is 0.258 e. The maximum Gasteiger partial charge on any atom is 0.258 e. The zero-order valence-corrected chi connectivity index (χ0v) is 14.7. The Morgan fingerprint density at radius 1 is 1.04 bits per heavy atom. The van der Waals surface area contributed by atoms with Crippen molar-refractivity contribution >= 4 is 23.2 Å². The minimum atomic E-state index is -0.404. The molecule has 2 aromatic carbocycles. The molecule has 0 aliphatic carbocycles. The second kappa shape index (κ2) is 8.13. The van der Waals surface area contributed by atoms with Gasteiger partial charge >= 0.3 is 0 Å². The molecule has 1 aromatic heterocycles. The predicted octanol–water partition coefficient (Wildman–Crippen LogP) is 3.63. The summed E-state index contributed by atoms with van der Waals surface area (Å²) in [5, 5.41) is 5.60. The van der Waals surface area contributed by atoms with Gasteiger partial charge in [0.1, 0.15) is 17.3 Å². The summed E-state index contributed by atoms with van der Waals surface area (Å²) in [6.07, 6.45) is 2.74. The van der Waals surface area contributed by atoms with Crippen LogP contribution in [0.3, 0.4) is 0 Å². The lowest BCUT2D eigenvalue weighted by molar-refractivity contribution is 0.102. The number of carbonyl (C=O) groups is 1. The standard InChI is InChI=1S/C19H17FN4O3/c1-26-15-6-7-17(27-2)16(9-15)24-18(25)12-10-21-19(22-11-12)23-14-5-3-4-13(20)8-14/h3-11H,1-2H3,(H,24,25)(H,21,22,23). The van der Waals surface area contributed by atoms with Gasteiger partial charge in [-0.05, 0) is 30.3 Å². The Labute approximate surface area is 155 Å². The van der Waals surface area contributed by atoms with E-state index in [1.165, 1.54) is 38.7 Å². The van der Waals surface area contributed by atoms with Crippen LogP contribution in [0.15, 0.2) is 54.9 Å². The van der Waals surface area contributed by atoms with Gasteiger partial charge in [-0.25, -0.2) is 14.4 Å². The number of anilines is 3. The van der Waals surface area contributed by atoms with E-state index in [1.807, 2.05) is 0 Å². The van der Waals surface area contributed by atoms with Crippen LogP contribution in [-0.4, -0.2) is 30.1 Å². The Morgan fingerprint density at radius 3 is 2.48 bits per heavy atom. The van der Waals surface area contributed by atoms with Crippen molar-refractivity contribution in [2.24, 2.45) is 0 Å². The topological polar surface area (TPSA) is 85.4 Å². The molecule has 0 spiro atoms. The molecular weight excluding hydrogens is 351 g/mol. The minimum absolute atomic E-state index is 0.246. The van der Waals surface area contributed by atoms with Crippen LogP contribution in [0.2, 0.25) is 0 Å². The average molecular weight is 368 g/mol. The number of amides is 1. The number of carbonyl (C=O) groups excluding carboxylic acids is 1. The maximum atomic E-state index is 13.2. The molecule has 27 heavy (non-hydrogen) atoms. The number of halogens is 1. The van der Waals surface area contributed by atoms with Crippen molar-refractivity contribution in [3.8, 4) is 11.5 Å². The fraction of sp³-hybridized carbons (Fsp3) is 0.105. The van der Waals surface area contributed by atoms with Crippen molar-refractivity contribution in [1.82, 2.24) is 9.97 Å². The largest absolute Gasteiger partial charge is 0.497 e. The van der Waals surface area contributed by atoms with E-state index in [9.17, 15) is 9.18 Å². The summed E-state index contributed by atoms with van der Waals surface area (Å²) in [5.74, 6) is 0.546. The van der Waals surface area contributed by atoms with Crippen molar-refractivity contribution in [2.75, 3.05) is 24.9 Å². The van der Waals surface area contributed by atoms with Gasteiger partial charge in [-0.1, -0.05) is 6.07 Å². The van der Waals surface area contributed by atoms with Crippen LogP contribution in [0.5, 0.6) is 11.5 Å². The van der Waals surface area contributed by atoms with E-state index in [4.69, 9.17) is 9.47 Å². The molecule has 138 valence electrons. The molecule has 3 rings (SSSR count). The molecule has 8 heteroatoms. The zero-order valence-electron chi connectivity index (χ0n) is 14.7. The Balaban J connectivity index is 1.72. The molecule has 7 nitrogen and oxygen atoms in total. The van der Waals surface area contributed by atoms with Crippen LogP contribution in [0.1, 0.15) is 10.4 Å². The highest BCUT2D eigenvalue weighted by Crippen LogP contribution is 2.29. The van der Waals surface area contributed by atoms with Crippen molar-refractivity contribution < 1.29 is 18.7 Å². The molecule has 0 unspecified atom stereocenters.